The predicted molar refractivity (Wildman–Crippen MR) is 116 cm³/mol. The Bertz CT molecular complexity index is 1190. The van der Waals surface area contributed by atoms with Gasteiger partial charge in [0.2, 0.25) is 5.13 Å². The quantitative estimate of drug-likeness (QED) is 0.586. The van der Waals surface area contributed by atoms with E-state index >= 15 is 0 Å². The zero-order valence-electron chi connectivity index (χ0n) is 15.8. The lowest BCUT2D eigenvalue weighted by Gasteiger charge is -2.23. The number of nitrogens with zero attached hydrogens (tertiary/aromatic N) is 3. The molecule has 0 saturated carbocycles. The first-order valence-electron chi connectivity index (χ1n) is 9.05. The number of aliphatic hydroxyl groups is 1. The van der Waals surface area contributed by atoms with Gasteiger partial charge in [0.15, 0.2) is 11.5 Å². The molecular weight excluding hydrogens is 422 g/mol. The Labute approximate surface area is 181 Å². The van der Waals surface area contributed by atoms with E-state index < -0.39 is 23.5 Å². The Morgan fingerprint density at radius 1 is 1.17 bits per heavy atom. The minimum absolute atomic E-state index is 0.0256. The van der Waals surface area contributed by atoms with Crippen molar-refractivity contribution >= 4 is 45.8 Å². The number of ketones is 1. The SMILES string of the molecule is Cc1nnc(N2C(=O)C(O)=C(C(=O)C=Cc3ccccc3)C2c2cccc(Cl)c2)s1. The Hall–Kier alpha value is -3.29. The third-order valence-electron chi connectivity index (χ3n) is 4.59. The van der Waals surface area contributed by atoms with Crippen molar-refractivity contribution in [2.75, 3.05) is 4.90 Å². The molecule has 1 aliphatic heterocycles. The average molecular weight is 438 g/mol. The number of carbonyl (C=O) groups is 2. The van der Waals surface area contributed by atoms with Gasteiger partial charge in [-0.15, -0.1) is 10.2 Å². The number of carbonyl (C=O) groups excluding carboxylic acids is 2. The molecule has 1 unspecified atom stereocenters. The average Bonchev–Trinajstić information content (AvgIpc) is 3.28. The standard InChI is InChI=1S/C22H16ClN3O3S/c1-13-24-25-22(30-13)26-19(15-8-5-9-16(23)12-15)18(20(28)21(26)29)17(27)11-10-14-6-3-2-4-7-14/h2-12,19,28H,1H3. The summed E-state index contributed by atoms with van der Waals surface area (Å²) in [6.07, 6.45) is 2.99. The molecule has 0 spiro atoms. The second-order valence-corrected chi connectivity index (χ2v) is 8.20. The van der Waals surface area contributed by atoms with Gasteiger partial charge >= 0.3 is 0 Å². The molecule has 6 nitrogen and oxygen atoms in total. The molecule has 1 aromatic heterocycles. The lowest BCUT2D eigenvalue weighted by Crippen LogP contribution is -2.30. The molecule has 2 aromatic carbocycles. The third-order valence-corrected chi connectivity index (χ3v) is 5.66. The molecule has 8 heteroatoms. The highest BCUT2D eigenvalue weighted by Crippen LogP contribution is 2.42. The van der Waals surface area contributed by atoms with Gasteiger partial charge < -0.3 is 5.11 Å². The highest BCUT2D eigenvalue weighted by atomic mass is 35.5. The molecule has 1 amide bonds. The molecule has 1 atom stereocenters. The van der Waals surface area contributed by atoms with Gasteiger partial charge in [-0.25, -0.2) is 0 Å². The highest BCUT2D eigenvalue weighted by Gasteiger charge is 2.45. The van der Waals surface area contributed by atoms with Crippen LogP contribution in [0.5, 0.6) is 0 Å². The van der Waals surface area contributed by atoms with Crippen molar-refractivity contribution < 1.29 is 14.7 Å². The normalized spacial score (nSPS) is 16.7. The van der Waals surface area contributed by atoms with Crippen LogP contribution in [0.2, 0.25) is 5.02 Å². The smallest absolute Gasteiger partial charge is 0.296 e. The van der Waals surface area contributed by atoms with Gasteiger partial charge in [-0.05, 0) is 36.3 Å². The van der Waals surface area contributed by atoms with Crippen LogP contribution in [-0.4, -0.2) is 27.0 Å². The monoisotopic (exact) mass is 437 g/mol. The Balaban J connectivity index is 1.79. The van der Waals surface area contributed by atoms with Crippen molar-refractivity contribution in [3.05, 3.63) is 93.2 Å². The van der Waals surface area contributed by atoms with E-state index in [1.54, 1.807) is 37.3 Å². The van der Waals surface area contributed by atoms with Crippen LogP contribution in [0.15, 0.2) is 72.0 Å². The number of rotatable bonds is 5. The first-order chi connectivity index (χ1) is 14.5. The number of amides is 1. The number of allylic oxidation sites excluding steroid dienone is 1. The fourth-order valence-corrected chi connectivity index (χ4v) is 4.17. The van der Waals surface area contributed by atoms with E-state index in [1.807, 2.05) is 30.3 Å². The molecule has 4 rings (SSSR count). The number of halogens is 1. The van der Waals surface area contributed by atoms with Crippen LogP contribution in [-0.2, 0) is 9.59 Å². The van der Waals surface area contributed by atoms with Crippen LogP contribution in [0.3, 0.4) is 0 Å². The van der Waals surface area contributed by atoms with Gasteiger partial charge in [0.25, 0.3) is 5.91 Å². The fraction of sp³-hybridized carbons (Fsp3) is 0.0909. The van der Waals surface area contributed by atoms with E-state index in [2.05, 4.69) is 10.2 Å². The second-order valence-electron chi connectivity index (χ2n) is 6.61. The molecule has 1 aliphatic rings. The van der Waals surface area contributed by atoms with Gasteiger partial charge in [-0.3, -0.25) is 14.5 Å². The number of hydrogen-bond donors (Lipinski definition) is 1. The summed E-state index contributed by atoms with van der Waals surface area (Å²) in [5.74, 6) is -1.78. The number of aliphatic hydroxyl groups excluding tert-OH is 1. The minimum atomic E-state index is -0.864. The van der Waals surface area contributed by atoms with E-state index in [9.17, 15) is 14.7 Å². The van der Waals surface area contributed by atoms with E-state index in [0.717, 1.165) is 5.56 Å². The van der Waals surface area contributed by atoms with Crippen LogP contribution in [0, 0.1) is 6.92 Å². The molecule has 3 aromatic rings. The van der Waals surface area contributed by atoms with E-state index in [0.29, 0.717) is 20.7 Å². The molecule has 150 valence electrons. The molecule has 0 radical (unpaired) electrons. The predicted octanol–water partition coefficient (Wildman–Crippen LogP) is 4.68. The number of hydrogen-bond acceptors (Lipinski definition) is 6. The number of aryl methyl sites for hydroxylation is 1. The molecule has 0 fully saturated rings. The van der Waals surface area contributed by atoms with Crippen LogP contribution in [0.1, 0.15) is 22.2 Å². The van der Waals surface area contributed by atoms with Gasteiger partial charge in [-0.2, -0.15) is 0 Å². The summed E-state index contributed by atoms with van der Waals surface area (Å²) in [5.41, 5.74) is 1.39. The zero-order valence-corrected chi connectivity index (χ0v) is 17.4. The van der Waals surface area contributed by atoms with Gasteiger partial charge in [0, 0.05) is 5.02 Å². The molecular formula is C22H16ClN3O3S. The molecule has 0 aliphatic carbocycles. The van der Waals surface area contributed by atoms with Crippen molar-refractivity contribution in [2.45, 2.75) is 13.0 Å². The fourth-order valence-electron chi connectivity index (χ4n) is 3.26. The van der Waals surface area contributed by atoms with Gasteiger partial charge in [-0.1, -0.05) is 71.5 Å². The van der Waals surface area contributed by atoms with Gasteiger partial charge in [0.05, 0.1) is 11.6 Å². The zero-order chi connectivity index (χ0) is 21.3. The summed E-state index contributed by atoms with van der Waals surface area (Å²) >= 11 is 7.36. The lowest BCUT2D eigenvalue weighted by molar-refractivity contribution is -0.117. The topological polar surface area (TPSA) is 83.4 Å². The summed E-state index contributed by atoms with van der Waals surface area (Å²) in [7, 11) is 0. The van der Waals surface area contributed by atoms with E-state index in [4.69, 9.17) is 11.6 Å². The summed E-state index contributed by atoms with van der Waals surface area (Å²) < 4.78 is 0. The molecule has 1 N–H and O–H groups in total. The van der Waals surface area contributed by atoms with Crippen LogP contribution in [0.25, 0.3) is 6.08 Å². The van der Waals surface area contributed by atoms with E-state index in [-0.39, 0.29) is 5.57 Å². The van der Waals surface area contributed by atoms with Crippen molar-refractivity contribution in [1.29, 1.82) is 0 Å². The molecule has 0 saturated heterocycles. The Morgan fingerprint density at radius 3 is 2.60 bits per heavy atom. The molecule has 2 heterocycles. The summed E-state index contributed by atoms with van der Waals surface area (Å²) in [6.45, 7) is 1.76. The number of benzene rings is 2. The van der Waals surface area contributed by atoms with Crippen LogP contribution < -0.4 is 4.90 Å². The maximum absolute atomic E-state index is 13.1. The first-order valence-corrected chi connectivity index (χ1v) is 10.2. The lowest BCUT2D eigenvalue weighted by atomic mass is 9.96. The maximum atomic E-state index is 13.1. The van der Waals surface area contributed by atoms with Crippen molar-refractivity contribution in [2.24, 2.45) is 0 Å². The number of anilines is 1. The highest BCUT2D eigenvalue weighted by molar-refractivity contribution is 7.15. The van der Waals surface area contributed by atoms with E-state index in [1.165, 1.54) is 22.3 Å². The van der Waals surface area contributed by atoms with Crippen molar-refractivity contribution in [3.63, 3.8) is 0 Å². The third kappa shape index (κ3) is 3.77. The first kappa shape index (κ1) is 20.0. The minimum Gasteiger partial charge on any atom is -0.503 e. The second kappa shape index (κ2) is 8.22. The molecule has 30 heavy (non-hydrogen) atoms. The largest absolute Gasteiger partial charge is 0.503 e. The molecule has 0 bridgehead atoms. The van der Waals surface area contributed by atoms with Gasteiger partial charge in [0.1, 0.15) is 5.01 Å². The maximum Gasteiger partial charge on any atom is 0.296 e. The van der Waals surface area contributed by atoms with Crippen LogP contribution in [0.4, 0.5) is 5.13 Å². The van der Waals surface area contributed by atoms with Crippen molar-refractivity contribution in [3.8, 4) is 0 Å². The summed E-state index contributed by atoms with van der Waals surface area (Å²) in [4.78, 5) is 27.3. The van der Waals surface area contributed by atoms with Crippen LogP contribution >= 0.6 is 22.9 Å². The number of aromatic nitrogens is 2. The Kier molecular flexibility index (Phi) is 5.48. The Morgan fingerprint density at radius 2 is 1.93 bits per heavy atom. The summed E-state index contributed by atoms with van der Waals surface area (Å²) in [5, 5.41) is 20.0. The summed E-state index contributed by atoms with van der Waals surface area (Å²) in [6, 6.07) is 15.2. The van der Waals surface area contributed by atoms with Crippen molar-refractivity contribution in [1.82, 2.24) is 10.2 Å².